The maximum absolute atomic E-state index is 12.1. The molecular weight excluding hydrogens is 260 g/mol. The first-order valence-electron chi connectivity index (χ1n) is 6.43. The van der Waals surface area contributed by atoms with E-state index in [9.17, 15) is 4.79 Å². The largest absolute Gasteiger partial charge is 0.310 e. The van der Waals surface area contributed by atoms with Gasteiger partial charge >= 0.3 is 0 Å². The summed E-state index contributed by atoms with van der Waals surface area (Å²) < 4.78 is 0. The van der Waals surface area contributed by atoms with Gasteiger partial charge in [-0.1, -0.05) is 30.7 Å². The number of halogens is 1. The number of nitrogens with zero attached hydrogens (tertiary/aromatic N) is 1. The van der Waals surface area contributed by atoms with Crippen molar-refractivity contribution in [2.75, 3.05) is 0 Å². The van der Waals surface area contributed by atoms with Crippen LogP contribution in [-0.2, 0) is 12.8 Å². The number of hydrogen-bond donors (Lipinski definition) is 1. The Labute approximate surface area is 117 Å². The molecular formula is C15H17ClN2O. The van der Waals surface area contributed by atoms with Crippen molar-refractivity contribution in [1.82, 2.24) is 9.97 Å². The third kappa shape index (κ3) is 3.44. The third-order valence-electron chi connectivity index (χ3n) is 3.03. The highest BCUT2D eigenvalue weighted by molar-refractivity contribution is 6.30. The highest BCUT2D eigenvalue weighted by Crippen LogP contribution is 2.14. The van der Waals surface area contributed by atoms with Gasteiger partial charge in [-0.05, 0) is 31.0 Å². The van der Waals surface area contributed by atoms with Crippen LogP contribution in [0.2, 0.25) is 5.02 Å². The molecule has 4 heteroatoms. The van der Waals surface area contributed by atoms with Gasteiger partial charge < -0.3 is 4.98 Å². The Morgan fingerprint density at radius 1 is 1.37 bits per heavy atom. The van der Waals surface area contributed by atoms with Crippen molar-refractivity contribution in [1.29, 1.82) is 0 Å². The minimum atomic E-state index is -0.0454. The van der Waals surface area contributed by atoms with E-state index in [1.54, 1.807) is 0 Å². The van der Waals surface area contributed by atoms with Crippen molar-refractivity contribution in [3.05, 3.63) is 62.3 Å². The fourth-order valence-electron chi connectivity index (χ4n) is 2.08. The van der Waals surface area contributed by atoms with Gasteiger partial charge in [-0.15, -0.1) is 0 Å². The first-order chi connectivity index (χ1) is 9.10. The maximum atomic E-state index is 12.1. The highest BCUT2D eigenvalue weighted by Gasteiger charge is 2.09. The van der Waals surface area contributed by atoms with Crippen LogP contribution in [0.1, 0.15) is 36.0 Å². The molecule has 2 aromatic rings. The fourth-order valence-corrected chi connectivity index (χ4v) is 2.30. The maximum Gasteiger partial charge on any atom is 0.254 e. The second-order valence-electron chi connectivity index (χ2n) is 4.63. The van der Waals surface area contributed by atoms with Gasteiger partial charge in [0.05, 0.1) is 0 Å². The lowest BCUT2D eigenvalue weighted by atomic mass is 10.1. The molecule has 2 rings (SSSR count). The molecule has 1 heterocycles. The predicted octanol–water partition coefficient (Wildman–Crippen LogP) is 3.28. The van der Waals surface area contributed by atoms with E-state index in [1.165, 1.54) is 0 Å². The van der Waals surface area contributed by atoms with Crippen molar-refractivity contribution >= 4 is 11.6 Å². The SMILES string of the molecule is CCCc1nc(C)c(Cc2cccc(Cl)c2)c(=O)[nH]1. The molecule has 19 heavy (non-hydrogen) atoms. The van der Waals surface area contributed by atoms with Gasteiger partial charge in [-0.2, -0.15) is 0 Å². The summed E-state index contributed by atoms with van der Waals surface area (Å²) in [5.74, 6) is 0.764. The summed E-state index contributed by atoms with van der Waals surface area (Å²) in [6.07, 6.45) is 2.32. The molecule has 0 aliphatic rings. The Morgan fingerprint density at radius 3 is 2.79 bits per heavy atom. The van der Waals surface area contributed by atoms with Gasteiger partial charge in [0.2, 0.25) is 0 Å². The van der Waals surface area contributed by atoms with Crippen molar-refractivity contribution in [3.8, 4) is 0 Å². The molecule has 100 valence electrons. The second-order valence-corrected chi connectivity index (χ2v) is 5.07. The zero-order valence-electron chi connectivity index (χ0n) is 11.2. The van der Waals surface area contributed by atoms with Crippen LogP contribution in [0.15, 0.2) is 29.1 Å². The van der Waals surface area contributed by atoms with E-state index in [1.807, 2.05) is 31.2 Å². The van der Waals surface area contributed by atoms with Crippen molar-refractivity contribution in [3.63, 3.8) is 0 Å². The smallest absolute Gasteiger partial charge is 0.254 e. The van der Waals surface area contributed by atoms with E-state index < -0.39 is 0 Å². The fraction of sp³-hybridized carbons (Fsp3) is 0.333. The minimum absolute atomic E-state index is 0.0454. The van der Waals surface area contributed by atoms with Crippen LogP contribution >= 0.6 is 11.6 Å². The first-order valence-corrected chi connectivity index (χ1v) is 6.81. The van der Waals surface area contributed by atoms with E-state index in [0.717, 1.165) is 29.9 Å². The first kappa shape index (κ1) is 13.8. The molecule has 1 aromatic carbocycles. The van der Waals surface area contributed by atoms with Gasteiger partial charge in [0.1, 0.15) is 5.82 Å². The van der Waals surface area contributed by atoms with E-state index in [4.69, 9.17) is 11.6 Å². The van der Waals surface area contributed by atoms with Crippen LogP contribution in [0.4, 0.5) is 0 Å². The summed E-state index contributed by atoms with van der Waals surface area (Å²) in [4.78, 5) is 19.4. The van der Waals surface area contributed by atoms with Gasteiger partial charge in [-0.25, -0.2) is 4.98 Å². The molecule has 1 N–H and O–H groups in total. The number of nitrogens with one attached hydrogen (secondary N) is 1. The molecule has 0 fully saturated rings. The lowest BCUT2D eigenvalue weighted by Gasteiger charge is -2.07. The van der Waals surface area contributed by atoms with Gasteiger partial charge in [-0.3, -0.25) is 4.79 Å². The molecule has 0 saturated heterocycles. The summed E-state index contributed by atoms with van der Waals surface area (Å²) in [5.41, 5.74) is 2.48. The summed E-state index contributed by atoms with van der Waals surface area (Å²) in [5, 5.41) is 0.683. The molecule has 0 bridgehead atoms. The monoisotopic (exact) mass is 276 g/mol. The number of aromatic nitrogens is 2. The average Bonchev–Trinajstić information content (AvgIpc) is 2.34. The van der Waals surface area contributed by atoms with Gasteiger partial charge in [0.15, 0.2) is 0 Å². The van der Waals surface area contributed by atoms with Crippen LogP contribution in [0.3, 0.4) is 0 Å². The molecule has 0 saturated carbocycles. The van der Waals surface area contributed by atoms with Gasteiger partial charge in [0.25, 0.3) is 5.56 Å². The normalized spacial score (nSPS) is 10.7. The summed E-state index contributed by atoms with van der Waals surface area (Å²) in [6, 6.07) is 7.55. The summed E-state index contributed by atoms with van der Waals surface area (Å²) >= 11 is 5.96. The molecule has 0 unspecified atom stereocenters. The van der Waals surface area contributed by atoms with Gasteiger partial charge in [0, 0.05) is 29.1 Å². The van der Waals surface area contributed by atoms with E-state index >= 15 is 0 Å². The molecule has 0 atom stereocenters. The standard InChI is InChI=1S/C15H17ClN2O/c1-3-5-14-17-10(2)13(15(19)18-14)9-11-6-4-7-12(16)8-11/h4,6-8H,3,5,9H2,1-2H3,(H,17,18,19). The highest BCUT2D eigenvalue weighted by atomic mass is 35.5. The summed E-state index contributed by atoms with van der Waals surface area (Å²) in [7, 11) is 0. The average molecular weight is 277 g/mol. The van der Waals surface area contributed by atoms with E-state index in [0.29, 0.717) is 17.0 Å². The predicted molar refractivity (Wildman–Crippen MR) is 77.8 cm³/mol. The second kappa shape index (κ2) is 6.02. The quantitative estimate of drug-likeness (QED) is 0.931. The van der Waals surface area contributed by atoms with Crippen LogP contribution in [-0.4, -0.2) is 9.97 Å². The third-order valence-corrected chi connectivity index (χ3v) is 3.26. The number of benzene rings is 1. The molecule has 0 radical (unpaired) electrons. The zero-order chi connectivity index (χ0) is 13.8. The van der Waals surface area contributed by atoms with Crippen molar-refractivity contribution in [2.24, 2.45) is 0 Å². The molecule has 0 aliphatic carbocycles. The van der Waals surface area contributed by atoms with Crippen LogP contribution < -0.4 is 5.56 Å². The Kier molecular flexibility index (Phi) is 4.38. The van der Waals surface area contributed by atoms with Crippen LogP contribution in [0, 0.1) is 6.92 Å². The number of aromatic amines is 1. The van der Waals surface area contributed by atoms with E-state index in [-0.39, 0.29) is 5.56 Å². The molecule has 0 amide bonds. The molecule has 1 aromatic heterocycles. The lowest BCUT2D eigenvalue weighted by molar-refractivity contribution is 0.803. The molecule has 0 spiro atoms. The van der Waals surface area contributed by atoms with Crippen LogP contribution in [0.25, 0.3) is 0 Å². The summed E-state index contributed by atoms with van der Waals surface area (Å²) in [6.45, 7) is 3.95. The minimum Gasteiger partial charge on any atom is -0.310 e. The van der Waals surface area contributed by atoms with E-state index in [2.05, 4.69) is 16.9 Å². The Balaban J connectivity index is 2.33. The number of aryl methyl sites for hydroxylation is 2. The number of H-pyrrole nitrogens is 1. The topological polar surface area (TPSA) is 45.8 Å². The number of rotatable bonds is 4. The van der Waals surface area contributed by atoms with Crippen molar-refractivity contribution < 1.29 is 0 Å². The Bertz CT molecular complexity index is 634. The van der Waals surface area contributed by atoms with Crippen LogP contribution in [0.5, 0.6) is 0 Å². The van der Waals surface area contributed by atoms with Crippen molar-refractivity contribution in [2.45, 2.75) is 33.1 Å². The molecule has 3 nitrogen and oxygen atoms in total. The Morgan fingerprint density at radius 2 is 2.16 bits per heavy atom. The number of hydrogen-bond acceptors (Lipinski definition) is 2. The zero-order valence-corrected chi connectivity index (χ0v) is 11.9. The lowest BCUT2D eigenvalue weighted by Crippen LogP contribution is -2.19. The molecule has 0 aliphatic heterocycles. The Hall–Kier alpha value is -1.61.